The standard InChI is InChI=1S/C10H13FN2O3S/c11-17(15,16)9-7-10(14)13(8-9)6-5-12-3-1-2-4-12/h1-4,9H,5-8H2. The Balaban J connectivity index is 1.93. The molecule has 1 unspecified atom stereocenters. The molecular formula is C10H13FN2O3S. The molecule has 1 amide bonds. The molecule has 0 N–H and O–H groups in total. The van der Waals surface area contributed by atoms with Crippen molar-refractivity contribution in [2.75, 3.05) is 13.1 Å². The Morgan fingerprint density at radius 3 is 2.47 bits per heavy atom. The molecule has 0 bridgehead atoms. The number of hydrogen-bond acceptors (Lipinski definition) is 3. The highest BCUT2D eigenvalue weighted by Gasteiger charge is 2.37. The van der Waals surface area contributed by atoms with Crippen LogP contribution in [0.25, 0.3) is 0 Å². The van der Waals surface area contributed by atoms with Gasteiger partial charge in [0.1, 0.15) is 5.25 Å². The number of carbonyl (C=O) groups is 1. The molecule has 0 saturated carbocycles. The monoisotopic (exact) mass is 260 g/mol. The van der Waals surface area contributed by atoms with Crippen LogP contribution in [-0.2, 0) is 21.6 Å². The molecule has 0 spiro atoms. The normalized spacial score (nSPS) is 21.1. The van der Waals surface area contributed by atoms with Crippen LogP contribution >= 0.6 is 0 Å². The average molecular weight is 260 g/mol. The summed E-state index contributed by atoms with van der Waals surface area (Å²) in [5, 5.41) is -1.19. The predicted molar refractivity (Wildman–Crippen MR) is 59.4 cm³/mol. The van der Waals surface area contributed by atoms with Crippen molar-refractivity contribution in [3.8, 4) is 0 Å². The van der Waals surface area contributed by atoms with E-state index in [-0.39, 0.29) is 18.9 Å². The summed E-state index contributed by atoms with van der Waals surface area (Å²) in [5.74, 6) is -0.302. The fourth-order valence-corrected chi connectivity index (χ4v) is 2.60. The fraction of sp³-hybridized carbons (Fsp3) is 0.500. The summed E-state index contributed by atoms with van der Waals surface area (Å²) in [5.41, 5.74) is 0. The Kier molecular flexibility index (Phi) is 3.19. The topological polar surface area (TPSA) is 59.4 Å². The molecule has 0 aromatic carbocycles. The lowest BCUT2D eigenvalue weighted by Crippen LogP contribution is -2.30. The molecule has 1 fully saturated rings. The summed E-state index contributed by atoms with van der Waals surface area (Å²) in [6.07, 6.45) is 3.46. The zero-order valence-electron chi connectivity index (χ0n) is 9.12. The second kappa shape index (κ2) is 4.48. The van der Waals surface area contributed by atoms with E-state index in [0.29, 0.717) is 13.1 Å². The van der Waals surface area contributed by atoms with E-state index in [4.69, 9.17) is 0 Å². The largest absolute Gasteiger partial charge is 0.352 e. The lowest BCUT2D eigenvalue weighted by Gasteiger charge is -2.16. The molecule has 1 saturated heterocycles. The lowest BCUT2D eigenvalue weighted by molar-refractivity contribution is -0.127. The van der Waals surface area contributed by atoms with Crippen LogP contribution in [0, 0.1) is 0 Å². The zero-order chi connectivity index (χ0) is 12.5. The van der Waals surface area contributed by atoms with E-state index in [1.807, 2.05) is 29.1 Å². The minimum absolute atomic E-state index is 0.0427. The van der Waals surface area contributed by atoms with Gasteiger partial charge in [0.05, 0.1) is 0 Å². The first-order chi connectivity index (χ1) is 7.97. The van der Waals surface area contributed by atoms with Gasteiger partial charge in [0, 0.05) is 38.4 Å². The maximum absolute atomic E-state index is 12.7. The molecule has 17 heavy (non-hydrogen) atoms. The molecule has 2 rings (SSSR count). The molecule has 94 valence electrons. The number of nitrogens with zero attached hydrogens (tertiary/aromatic N) is 2. The van der Waals surface area contributed by atoms with Gasteiger partial charge in [0.25, 0.3) is 0 Å². The van der Waals surface area contributed by atoms with Crippen molar-refractivity contribution in [1.29, 1.82) is 0 Å². The maximum Gasteiger partial charge on any atom is 0.307 e. The van der Waals surface area contributed by atoms with E-state index in [1.54, 1.807) is 0 Å². The minimum atomic E-state index is -4.61. The van der Waals surface area contributed by atoms with E-state index < -0.39 is 15.5 Å². The zero-order valence-corrected chi connectivity index (χ0v) is 9.94. The van der Waals surface area contributed by atoms with Gasteiger partial charge in [-0.1, -0.05) is 0 Å². The van der Waals surface area contributed by atoms with Crippen LogP contribution in [0.15, 0.2) is 24.5 Å². The van der Waals surface area contributed by atoms with Crippen molar-refractivity contribution in [1.82, 2.24) is 9.47 Å². The summed E-state index contributed by atoms with van der Waals surface area (Å²) < 4.78 is 36.0. The molecule has 1 atom stereocenters. The molecule has 1 aliphatic rings. The summed E-state index contributed by atoms with van der Waals surface area (Å²) >= 11 is 0. The first-order valence-corrected chi connectivity index (χ1v) is 6.73. The van der Waals surface area contributed by atoms with Gasteiger partial charge in [-0.2, -0.15) is 8.42 Å². The van der Waals surface area contributed by atoms with Gasteiger partial charge < -0.3 is 9.47 Å². The molecule has 7 heteroatoms. The summed E-state index contributed by atoms with van der Waals surface area (Å²) in [6, 6.07) is 3.72. The number of likely N-dealkylation sites (tertiary alicyclic amines) is 1. The van der Waals surface area contributed by atoms with Crippen molar-refractivity contribution in [3.63, 3.8) is 0 Å². The van der Waals surface area contributed by atoms with E-state index in [0.717, 1.165) is 0 Å². The van der Waals surface area contributed by atoms with Crippen molar-refractivity contribution < 1.29 is 17.1 Å². The fourth-order valence-electron chi connectivity index (χ4n) is 1.90. The SMILES string of the molecule is O=C1CC(S(=O)(=O)F)CN1CCn1cccc1. The lowest BCUT2D eigenvalue weighted by atomic mass is 10.4. The number of carbonyl (C=O) groups excluding carboxylic acids is 1. The number of amides is 1. The summed E-state index contributed by atoms with van der Waals surface area (Å²) in [4.78, 5) is 12.9. The van der Waals surface area contributed by atoms with Gasteiger partial charge in [0.15, 0.2) is 0 Å². The highest BCUT2D eigenvalue weighted by molar-refractivity contribution is 7.87. The van der Waals surface area contributed by atoms with Gasteiger partial charge in [0.2, 0.25) is 5.91 Å². The number of rotatable bonds is 4. The smallest absolute Gasteiger partial charge is 0.307 e. The Morgan fingerprint density at radius 1 is 1.29 bits per heavy atom. The molecule has 2 heterocycles. The Bertz CT molecular complexity index is 498. The molecule has 1 aromatic heterocycles. The third-order valence-electron chi connectivity index (χ3n) is 2.87. The highest BCUT2D eigenvalue weighted by atomic mass is 32.3. The van der Waals surface area contributed by atoms with Crippen LogP contribution in [0.3, 0.4) is 0 Å². The van der Waals surface area contributed by atoms with Crippen molar-refractivity contribution in [2.24, 2.45) is 0 Å². The molecule has 1 aliphatic heterocycles. The van der Waals surface area contributed by atoms with E-state index in [2.05, 4.69) is 0 Å². The molecule has 1 aromatic rings. The first-order valence-electron chi connectivity index (χ1n) is 5.29. The maximum atomic E-state index is 12.7. The van der Waals surface area contributed by atoms with Crippen LogP contribution in [0.4, 0.5) is 3.89 Å². The number of aromatic nitrogens is 1. The quantitative estimate of drug-likeness (QED) is 0.736. The van der Waals surface area contributed by atoms with Gasteiger partial charge in [-0.3, -0.25) is 4.79 Å². The second-order valence-corrected chi connectivity index (χ2v) is 5.68. The Hall–Kier alpha value is -1.37. The summed E-state index contributed by atoms with van der Waals surface area (Å²) in [6.45, 7) is 0.941. The first kappa shape index (κ1) is 12.1. The van der Waals surface area contributed by atoms with Crippen LogP contribution < -0.4 is 0 Å². The summed E-state index contributed by atoms with van der Waals surface area (Å²) in [7, 11) is -4.61. The minimum Gasteiger partial charge on any atom is -0.352 e. The predicted octanol–water partition coefficient (Wildman–Crippen LogP) is 0.388. The molecule has 0 radical (unpaired) electrons. The van der Waals surface area contributed by atoms with Gasteiger partial charge in [-0.15, -0.1) is 3.89 Å². The van der Waals surface area contributed by atoms with Gasteiger partial charge >= 0.3 is 10.2 Å². The third-order valence-corrected chi connectivity index (χ3v) is 3.98. The van der Waals surface area contributed by atoms with Crippen LogP contribution in [0.5, 0.6) is 0 Å². The second-order valence-electron chi connectivity index (χ2n) is 4.06. The average Bonchev–Trinajstić information content (AvgIpc) is 2.83. The number of hydrogen-bond donors (Lipinski definition) is 0. The van der Waals surface area contributed by atoms with E-state index in [9.17, 15) is 17.1 Å². The van der Waals surface area contributed by atoms with E-state index >= 15 is 0 Å². The Labute approximate surface area is 99.0 Å². The van der Waals surface area contributed by atoms with Crippen molar-refractivity contribution >= 4 is 16.1 Å². The van der Waals surface area contributed by atoms with Crippen LogP contribution in [0.2, 0.25) is 0 Å². The highest BCUT2D eigenvalue weighted by Crippen LogP contribution is 2.19. The molecule has 0 aliphatic carbocycles. The van der Waals surface area contributed by atoms with E-state index in [1.165, 1.54) is 4.90 Å². The third kappa shape index (κ3) is 2.85. The molecule has 5 nitrogen and oxygen atoms in total. The van der Waals surface area contributed by atoms with Crippen LogP contribution in [-0.4, -0.2) is 42.1 Å². The Morgan fingerprint density at radius 2 is 1.94 bits per heavy atom. The van der Waals surface area contributed by atoms with Crippen LogP contribution in [0.1, 0.15) is 6.42 Å². The van der Waals surface area contributed by atoms with Crippen molar-refractivity contribution in [2.45, 2.75) is 18.2 Å². The molecular weight excluding hydrogens is 247 g/mol. The van der Waals surface area contributed by atoms with Gasteiger partial charge in [-0.05, 0) is 12.1 Å². The number of halogens is 1. The van der Waals surface area contributed by atoms with Crippen molar-refractivity contribution in [3.05, 3.63) is 24.5 Å². The van der Waals surface area contributed by atoms with Gasteiger partial charge in [-0.25, -0.2) is 0 Å².